The van der Waals surface area contributed by atoms with Gasteiger partial charge in [0, 0.05) is 25.0 Å². The van der Waals surface area contributed by atoms with Crippen molar-refractivity contribution in [3.8, 4) is 0 Å². The van der Waals surface area contributed by atoms with E-state index in [2.05, 4.69) is 9.71 Å². The Morgan fingerprint density at radius 3 is 2.56 bits per heavy atom. The third kappa shape index (κ3) is 2.82. The quantitative estimate of drug-likeness (QED) is 0.850. The molecule has 0 amide bonds. The molecule has 0 spiro atoms. The smallest absolute Gasteiger partial charge is 0.221 e. The van der Waals surface area contributed by atoms with Gasteiger partial charge in [0.05, 0.1) is 0 Å². The van der Waals surface area contributed by atoms with Gasteiger partial charge >= 0.3 is 0 Å². The van der Waals surface area contributed by atoms with E-state index >= 15 is 0 Å². The Kier molecular flexibility index (Phi) is 4.09. The summed E-state index contributed by atoms with van der Waals surface area (Å²) in [6.07, 6.45) is 3.41. The lowest BCUT2D eigenvalue weighted by Crippen LogP contribution is -2.34. The molecule has 0 aliphatic heterocycles. The monoisotopic (exact) mass is 245 g/mol. The summed E-state index contributed by atoms with van der Waals surface area (Å²) in [7, 11) is -3.35. The lowest BCUT2D eigenvalue weighted by Gasteiger charge is -2.16. The Morgan fingerprint density at radius 1 is 1.44 bits per heavy atom. The molecule has 0 unspecified atom stereocenters. The van der Waals surface area contributed by atoms with Gasteiger partial charge < -0.3 is 4.57 Å². The molecule has 0 aliphatic rings. The van der Waals surface area contributed by atoms with Crippen LogP contribution in [0.3, 0.4) is 0 Å². The number of nitrogens with one attached hydrogen (secondary N) is 1. The second-order valence-electron chi connectivity index (χ2n) is 4.03. The highest BCUT2D eigenvalue weighted by Gasteiger charge is 2.26. The maximum Gasteiger partial charge on any atom is 0.221 e. The zero-order chi connectivity index (χ0) is 12.3. The predicted octanol–water partition coefficient (Wildman–Crippen LogP) is 1.29. The predicted molar refractivity (Wildman–Crippen MR) is 63.5 cm³/mol. The summed E-state index contributed by atoms with van der Waals surface area (Å²) >= 11 is 0. The van der Waals surface area contributed by atoms with Crippen LogP contribution in [0.4, 0.5) is 0 Å². The summed E-state index contributed by atoms with van der Waals surface area (Å²) in [6, 6.07) is -0.0995. The van der Waals surface area contributed by atoms with Gasteiger partial charge in [-0.2, -0.15) is 0 Å². The minimum Gasteiger partial charge on any atom is -0.334 e. The average Bonchev–Trinajstić information content (AvgIpc) is 2.61. The minimum atomic E-state index is -3.35. The lowest BCUT2D eigenvalue weighted by molar-refractivity contribution is 0.551. The van der Waals surface area contributed by atoms with Crippen molar-refractivity contribution in [2.75, 3.05) is 0 Å². The van der Waals surface area contributed by atoms with Crippen LogP contribution in [-0.4, -0.2) is 24.0 Å². The normalized spacial score (nSPS) is 14.3. The van der Waals surface area contributed by atoms with E-state index in [0.29, 0.717) is 5.82 Å². The van der Waals surface area contributed by atoms with Gasteiger partial charge in [0.2, 0.25) is 10.0 Å². The van der Waals surface area contributed by atoms with Gasteiger partial charge in [-0.05, 0) is 27.7 Å². The van der Waals surface area contributed by atoms with E-state index in [1.807, 2.05) is 11.5 Å². The fraction of sp³-hybridized carbons (Fsp3) is 0.700. The Morgan fingerprint density at radius 2 is 2.06 bits per heavy atom. The minimum absolute atomic E-state index is 0.0995. The van der Waals surface area contributed by atoms with Gasteiger partial charge in [0.1, 0.15) is 11.1 Å². The van der Waals surface area contributed by atoms with Crippen LogP contribution in [0.15, 0.2) is 12.4 Å². The molecule has 1 aromatic heterocycles. The highest BCUT2D eigenvalue weighted by Crippen LogP contribution is 2.19. The van der Waals surface area contributed by atoms with Crippen LogP contribution >= 0.6 is 0 Å². The van der Waals surface area contributed by atoms with Crippen LogP contribution < -0.4 is 4.72 Å². The molecule has 0 aliphatic carbocycles. The summed E-state index contributed by atoms with van der Waals surface area (Å²) in [5.41, 5.74) is 0. The summed E-state index contributed by atoms with van der Waals surface area (Å²) in [5.74, 6) is 0.579. The van der Waals surface area contributed by atoms with Gasteiger partial charge in [0.25, 0.3) is 0 Å². The highest BCUT2D eigenvalue weighted by molar-refractivity contribution is 7.89. The first-order valence-corrected chi connectivity index (χ1v) is 6.95. The number of sulfonamides is 1. The SMILES string of the molecule is CCn1ccnc1[C@H](C)S(=O)(=O)NC(C)C. The molecule has 0 fully saturated rings. The lowest BCUT2D eigenvalue weighted by atomic mass is 10.4. The average molecular weight is 245 g/mol. The molecular weight excluding hydrogens is 226 g/mol. The molecule has 92 valence electrons. The van der Waals surface area contributed by atoms with Crippen LogP contribution in [0.1, 0.15) is 38.8 Å². The van der Waals surface area contributed by atoms with Crippen molar-refractivity contribution in [2.24, 2.45) is 0 Å². The number of hydrogen-bond acceptors (Lipinski definition) is 3. The fourth-order valence-corrected chi connectivity index (χ4v) is 2.85. The van der Waals surface area contributed by atoms with Crippen LogP contribution in [0.2, 0.25) is 0 Å². The number of aryl methyl sites for hydroxylation is 1. The standard InChI is InChI=1S/C10H19N3O2S/c1-5-13-7-6-11-10(13)9(4)16(14,15)12-8(2)3/h6-9,12H,5H2,1-4H3/t9-/m0/s1. The molecule has 16 heavy (non-hydrogen) atoms. The number of aromatic nitrogens is 2. The van der Waals surface area contributed by atoms with Gasteiger partial charge in [-0.3, -0.25) is 0 Å². The van der Waals surface area contributed by atoms with Crippen molar-refractivity contribution in [3.05, 3.63) is 18.2 Å². The topological polar surface area (TPSA) is 64.0 Å². The van der Waals surface area contributed by atoms with Crippen molar-refractivity contribution in [2.45, 2.75) is 45.5 Å². The molecule has 0 saturated carbocycles. The van der Waals surface area contributed by atoms with E-state index < -0.39 is 15.3 Å². The first kappa shape index (κ1) is 13.2. The summed E-state index contributed by atoms with van der Waals surface area (Å²) in [4.78, 5) is 4.10. The molecule has 0 aromatic carbocycles. The molecule has 5 nitrogen and oxygen atoms in total. The Labute approximate surface area is 96.9 Å². The largest absolute Gasteiger partial charge is 0.334 e. The third-order valence-electron chi connectivity index (χ3n) is 2.32. The van der Waals surface area contributed by atoms with Crippen molar-refractivity contribution in [3.63, 3.8) is 0 Å². The first-order chi connectivity index (χ1) is 7.38. The highest BCUT2D eigenvalue weighted by atomic mass is 32.2. The maximum atomic E-state index is 11.9. The van der Waals surface area contributed by atoms with Gasteiger partial charge in [-0.1, -0.05) is 0 Å². The van der Waals surface area contributed by atoms with Crippen molar-refractivity contribution < 1.29 is 8.42 Å². The molecule has 0 saturated heterocycles. The van der Waals surface area contributed by atoms with Crippen LogP contribution in [0.25, 0.3) is 0 Å². The summed E-state index contributed by atoms with van der Waals surface area (Å²) < 4.78 is 28.3. The number of imidazole rings is 1. The molecule has 0 radical (unpaired) electrons. The fourth-order valence-electron chi connectivity index (χ4n) is 1.52. The molecule has 1 heterocycles. The van der Waals surface area contributed by atoms with Crippen LogP contribution in [-0.2, 0) is 16.6 Å². The Bertz CT molecular complexity index is 437. The Hall–Kier alpha value is -0.880. The molecule has 0 bridgehead atoms. The first-order valence-electron chi connectivity index (χ1n) is 5.40. The second-order valence-corrected chi connectivity index (χ2v) is 6.06. The van der Waals surface area contributed by atoms with E-state index in [0.717, 1.165) is 6.54 Å². The van der Waals surface area contributed by atoms with E-state index in [1.165, 1.54) is 0 Å². The summed E-state index contributed by atoms with van der Waals surface area (Å²) in [6.45, 7) is 7.93. The Balaban J connectivity index is 2.98. The molecule has 1 aromatic rings. The zero-order valence-electron chi connectivity index (χ0n) is 10.1. The van der Waals surface area contributed by atoms with Crippen LogP contribution in [0, 0.1) is 0 Å². The van der Waals surface area contributed by atoms with E-state index in [4.69, 9.17) is 0 Å². The molecule has 1 atom stereocenters. The summed E-state index contributed by atoms with van der Waals surface area (Å²) in [5, 5.41) is -0.634. The van der Waals surface area contributed by atoms with Gasteiger partial charge in [-0.25, -0.2) is 18.1 Å². The third-order valence-corrected chi connectivity index (χ3v) is 4.26. The maximum absolute atomic E-state index is 11.9. The van der Waals surface area contributed by atoms with Gasteiger partial charge in [0.15, 0.2) is 0 Å². The zero-order valence-corrected chi connectivity index (χ0v) is 11.0. The molecule has 1 N–H and O–H groups in total. The van der Waals surface area contributed by atoms with E-state index in [1.54, 1.807) is 33.2 Å². The number of hydrogen-bond donors (Lipinski definition) is 1. The van der Waals surface area contributed by atoms with E-state index in [-0.39, 0.29) is 6.04 Å². The number of nitrogens with zero attached hydrogens (tertiary/aromatic N) is 2. The van der Waals surface area contributed by atoms with E-state index in [9.17, 15) is 8.42 Å². The van der Waals surface area contributed by atoms with Gasteiger partial charge in [-0.15, -0.1) is 0 Å². The molecular formula is C10H19N3O2S. The molecule has 6 heteroatoms. The molecule has 1 rings (SSSR count). The second kappa shape index (κ2) is 4.97. The van der Waals surface area contributed by atoms with Crippen molar-refractivity contribution in [1.82, 2.24) is 14.3 Å². The van der Waals surface area contributed by atoms with Crippen LogP contribution in [0.5, 0.6) is 0 Å². The van der Waals surface area contributed by atoms with Crippen molar-refractivity contribution >= 4 is 10.0 Å². The van der Waals surface area contributed by atoms with Crippen molar-refractivity contribution in [1.29, 1.82) is 0 Å². The number of rotatable bonds is 5.